The Bertz CT molecular complexity index is 1820. The number of amides is 7. The van der Waals surface area contributed by atoms with E-state index in [2.05, 4.69) is 21.3 Å². The van der Waals surface area contributed by atoms with Crippen molar-refractivity contribution < 1.29 is 43.4 Å². The van der Waals surface area contributed by atoms with Gasteiger partial charge in [-0.1, -0.05) is 48.9 Å². The largest absolute Gasteiger partial charge is 0.391 e. The van der Waals surface area contributed by atoms with E-state index in [9.17, 15) is 38.7 Å². The lowest BCUT2D eigenvalue weighted by atomic mass is 9.99. The van der Waals surface area contributed by atoms with Crippen molar-refractivity contribution in [3.8, 4) is 0 Å². The molecule has 3 heterocycles. The average molecular weight is 818 g/mol. The lowest BCUT2D eigenvalue weighted by Gasteiger charge is -2.39. The minimum Gasteiger partial charge on any atom is -0.391 e. The number of piperidine rings is 1. The van der Waals surface area contributed by atoms with Crippen LogP contribution in [0.2, 0.25) is 0 Å². The molecule has 0 aliphatic carbocycles. The lowest BCUT2D eigenvalue weighted by Crippen LogP contribution is -2.61. The summed E-state index contributed by atoms with van der Waals surface area (Å²) < 4.78 is 5.64. The second kappa shape index (κ2) is 21.1. The molecule has 7 amide bonds. The van der Waals surface area contributed by atoms with Crippen molar-refractivity contribution in [2.75, 3.05) is 38.2 Å². The number of carbonyl (C=O) groups is 7. The third-order valence-electron chi connectivity index (χ3n) is 11.3. The maximum Gasteiger partial charge on any atom is 0.319 e. The summed E-state index contributed by atoms with van der Waals surface area (Å²) >= 11 is 0. The molecule has 3 saturated heterocycles. The zero-order valence-corrected chi connectivity index (χ0v) is 34.5. The molecule has 0 spiro atoms. The molecule has 5 N–H and O–H groups in total. The first-order valence-corrected chi connectivity index (χ1v) is 20.8. The van der Waals surface area contributed by atoms with E-state index in [1.807, 2.05) is 50.2 Å². The van der Waals surface area contributed by atoms with Crippen molar-refractivity contribution in [1.29, 1.82) is 0 Å². The topological polar surface area (TPSA) is 207 Å². The summed E-state index contributed by atoms with van der Waals surface area (Å²) in [4.78, 5) is 98.5. The number of aldehydes is 1. The SMILES string of the molecule is CCOC[C@H](NC(=O)[C@H](Cc1cccc(C)c1)NC(=O)Nc1ccc(CC)cc1)C(=O)N1C[C@H](O)C[C@H]1C(=O)N1CCCC[C@H]1C(=O)N[C@@H](C)C(=O)N1CCC[C@H]1C=O. The Morgan fingerprint density at radius 2 is 1.59 bits per heavy atom. The number of hydrogen-bond donors (Lipinski definition) is 5. The van der Waals surface area contributed by atoms with Crippen LogP contribution in [0.25, 0.3) is 0 Å². The number of carbonyl (C=O) groups excluding carboxylic acids is 7. The zero-order valence-electron chi connectivity index (χ0n) is 34.5. The number of ether oxygens (including phenoxy) is 1. The lowest BCUT2D eigenvalue weighted by molar-refractivity contribution is -0.151. The number of nitrogens with zero attached hydrogens (tertiary/aromatic N) is 3. The number of nitrogens with one attached hydrogen (secondary N) is 4. The highest BCUT2D eigenvalue weighted by Gasteiger charge is 2.46. The molecule has 3 fully saturated rings. The molecule has 16 nitrogen and oxygen atoms in total. The van der Waals surface area contributed by atoms with Crippen molar-refractivity contribution in [3.05, 3.63) is 65.2 Å². The van der Waals surface area contributed by atoms with Crippen molar-refractivity contribution in [3.63, 3.8) is 0 Å². The van der Waals surface area contributed by atoms with Crippen LogP contribution >= 0.6 is 0 Å². The highest BCUT2D eigenvalue weighted by molar-refractivity contribution is 5.98. The average Bonchev–Trinajstić information content (AvgIpc) is 3.88. The van der Waals surface area contributed by atoms with Crippen molar-refractivity contribution in [2.24, 2.45) is 0 Å². The minimum absolute atomic E-state index is 0.0847. The molecule has 2 aromatic carbocycles. The molecule has 0 bridgehead atoms. The summed E-state index contributed by atoms with van der Waals surface area (Å²) in [5.41, 5.74) is 3.37. The number of anilines is 1. The van der Waals surface area contributed by atoms with E-state index in [-0.39, 0.29) is 45.1 Å². The summed E-state index contributed by atoms with van der Waals surface area (Å²) in [5.74, 6) is -2.75. The highest BCUT2D eigenvalue weighted by Crippen LogP contribution is 2.26. The molecule has 0 saturated carbocycles. The second-order valence-corrected chi connectivity index (χ2v) is 15.7. The predicted octanol–water partition coefficient (Wildman–Crippen LogP) is 1.85. The Labute approximate surface area is 345 Å². The summed E-state index contributed by atoms with van der Waals surface area (Å²) in [7, 11) is 0. The molecule has 0 aromatic heterocycles. The number of rotatable bonds is 16. The van der Waals surface area contributed by atoms with E-state index in [1.54, 1.807) is 26.0 Å². The molecule has 16 heteroatoms. The maximum absolute atomic E-state index is 14.4. The summed E-state index contributed by atoms with van der Waals surface area (Å²) in [5, 5.41) is 21.9. The highest BCUT2D eigenvalue weighted by atomic mass is 16.5. The minimum atomic E-state index is -1.29. The van der Waals surface area contributed by atoms with Gasteiger partial charge in [0.25, 0.3) is 0 Å². The van der Waals surface area contributed by atoms with E-state index in [4.69, 9.17) is 4.74 Å². The molecule has 320 valence electrons. The van der Waals surface area contributed by atoms with Gasteiger partial charge in [0.05, 0.1) is 18.8 Å². The number of β-amino-alcohol motifs (C(OH)–C–C–N with tert-alkyl or cyclic N) is 1. The maximum atomic E-state index is 14.4. The van der Waals surface area contributed by atoms with Crippen LogP contribution in [0.3, 0.4) is 0 Å². The van der Waals surface area contributed by atoms with Crippen molar-refractivity contribution >= 4 is 47.5 Å². The first-order valence-electron chi connectivity index (χ1n) is 20.8. The molecule has 7 atom stereocenters. The smallest absolute Gasteiger partial charge is 0.319 e. The number of aryl methyl sites for hydroxylation is 2. The fraction of sp³-hybridized carbons (Fsp3) is 0.558. The van der Waals surface area contributed by atoms with E-state index >= 15 is 0 Å². The van der Waals surface area contributed by atoms with Gasteiger partial charge >= 0.3 is 6.03 Å². The number of aliphatic hydroxyl groups is 1. The van der Waals surface area contributed by atoms with Gasteiger partial charge in [-0.15, -0.1) is 0 Å². The van der Waals surface area contributed by atoms with Gasteiger partial charge in [0.2, 0.25) is 29.5 Å². The number of aliphatic hydroxyl groups excluding tert-OH is 1. The molecule has 2 aromatic rings. The third-order valence-corrected chi connectivity index (χ3v) is 11.3. The Balaban J connectivity index is 1.31. The fourth-order valence-electron chi connectivity index (χ4n) is 8.09. The van der Waals surface area contributed by atoms with E-state index in [0.29, 0.717) is 44.3 Å². The summed E-state index contributed by atoms with van der Waals surface area (Å²) in [6, 6.07) is 8.27. The first-order chi connectivity index (χ1) is 28.3. The summed E-state index contributed by atoms with van der Waals surface area (Å²) in [6.07, 6.45) is 3.39. The van der Waals surface area contributed by atoms with Gasteiger partial charge in [-0.05, 0) is 82.6 Å². The predicted molar refractivity (Wildman–Crippen MR) is 219 cm³/mol. The van der Waals surface area contributed by atoms with Crippen LogP contribution in [0, 0.1) is 6.92 Å². The first kappa shape index (κ1) is 44.7. The fourth-order valence-corrected chi connectivity index (χ4v) is 8.09. The normalized spacial score (nSPS) is 21.9. The Hall–Kier alpha value is -5.35. The van der Waals surface area contributed by atoms with Gasteiger partial charge in [0.15, 0.2) is 0 Å². The molecule has 5 rings (SSSR count). The Morgan fingerprint density at radius 3 is 2.29 bits per heavy atom. The van der Waals surface area contributed by atoms with Crippen molar-refractivity contribution in [2.45, 2.75) is 121 Å². The second-order valence-electron chi connectivity index (χ2n) is 15.7. The van der Waals surface area contributed by atoms with E-state index < -0.39 is 72.0 Å². The molecule has 0 unspecified atom stereocenters. The van der Waals surface area contributed by atoms with Gasteiger partial charge < -0.3 is 50.6 Å². The van der Waals surface area contributed by atoms with Gasteiger partial charge in [0, 0.05) is 44.8 Å². The van der Waals surface area contributed by atoms with Gasteiger partial charge in [0.1, 0.15) is 36.5 Å². The molecule has 3 aliphatic rings. The summed E-state index contributed by atoms with van der Waals surface area (Å²) in [6.45, 7) is 7.65. The van der Waals surface area contributed by atoms with Crippen LogP contribution < -0.4 is 21.3 Å². The van der Waals surface area contributed by atoms with E-state index in [1.165, 1.54) is 14.7 Å². The van der Waals surface area contributed by atoms with Gasteiger partial charge in [-0.25, -0.2) is 4.79 Å². The number of hydrogen-bond acceptors (Lipinski definition) is 9. The van der Waals surface area contributed by atoms with Crippen LogP contribution in [0.1, 0.15) is 76.0 Å². The Morgan fingerprint density at radius 1 is 0.847 bits per heavy atom. The van der Waals surface area contributed by atoms with Gasteiger partial charge in [-0.2, -0.15) is 0 Å². The standard InChI is InChI=1S/C43H59N7O9/c1-5-29-15-17-31(18-16-29)45-43(58)47-34(22-30-12-9-11-27(3)21-30)38(53)46-35(26-59-6-2)41(56)50-24-33(52)23-37(50)42(57)49-19-8-7-14-36(49)39(54)44-28(4)40(55)48-20-10-13-32(48)25-51/h9,11-12,15-18,21,25,28,32-37,52H,5-8,10,13-14,19-20,22-24,26H2,1-4H3,(H,44,54)(H,46,53)(H2,45,47,58)/t28-,32-,33+,34-,35-,36-,37-/m0/s1. The molecule has 0 radical (unpaired) electrons. The molecule has 3 aliphatic heterocycles. The molecular formula is C43H59N7O9. The zero-order chi connectivity index (χ0) is 42.6. The van der Waals surface area contributed by atoms with Gasteiger partial charge in [-0.3, -0.25) is 24.0 Å². The monoisotopic (exact) mass is 817 g/mol. The number of likely N-dealkylation sites (tertiary alicyclic amines) is 3. The quantitative estimate of drug-likeness (QED) is 0.157. The molecule has 59 heavy (non-hydrogen) atoms. The third kappa shape index (κ3) is 11.7. The molecular weight excluding hydrogens is 759 g/mol. The van der Waals surface area contributed by atoms with Crippen LogP contribution in [-0.4, -0.2) is 137 Å². The Kier molecular flexibility index (Phi) is 16.0. The van der Waals surface area contributed by atoms with Crippen LogP contribution in [0.5, 0.6) is 0 Å². The van der Waals surface area contributed by atoms with Crippen LogP contribution in [0.4, 0.5) is 10.5 Å². The van der Waals surface area contributed by atoms with Crippen molar-refractivity contribution in [1.82, 2.24) is 30.7 Å². The van der Waals surface area contributed by atoms with E-state index in [0.717, 1.165) is 29.4 Å². The van der Waals surface area contributed by atoms with Crippen LogP contribution in [0.15, 0.2) is 48.5 Å². The number of urea groups is 1. The number of benzene rings is 2. The van der Waals surface area contributed by atoms with Crippen LogP contribution in [-0.2, 0) is 46.3 Å².